The van der Waals surface area contributed by atoms with E-state index in [9.17, 15) is 14.4 Å². The van der Waals surface area contributed by atoms with Crippen LogP contribution in [0.2, 0.25) is 0 Å². The maximum atomic E-state index is 12.3. The van der Waals surface area contributed by atoms with Crippen LogP contribution in [0.1, 0.15) is 40.1 Å². The molecule has 0 aromatic carbocycles. The minimum Gasteiger partial charge on any atom is -0.465 e. The maximum absolute atomic E-state index is 12.3. The van der Waals surface area contributed by atoms with Gasteiger partial charge in [-0.25, -0.2) is 4.79 Å². The van der Waals surface area contributed by atoms with E-state index in [0.717, 1.165) is 47.9 Å². The maximum Gasteiger partial charge on any atom is 0.341 e. The Bertz CT molecular complexity index is 741. The summed E-state index contributed by atoms with van der Waals surface area (Å²) in [5.41, 5.74) is 6.92. The normalized spacial score (nSPS) is 19.6. The monoisotopic (exact) mass is 367 g/mol. The van der Waals surface area contributed by atoms with E-state index in [-0.39, 0.29) is 17.5 Å². The van der Waals surface area contributed by atoms with Crippen molar-refractivity contribution < 1.29 is 19.1 Å². The van der Waals surface area contributed by atoms with Crippen molar-refractivity contribution in [3.63, 3.8) is 0 Å². The van der Waals surface area contributed by atoms with E-state index < -0.39 is 17.1 Å². The van der Waals surface area contributed by atoms with Gasteiger partial charge in [0.25, 0.3) is 5.91 Å². The highest BCUT2D eigenvalue weighted by atomic mass is 32.2. The lowest BCUT2D eigenvalue weighted by atomic mass is 9.95. The summed E-state index contributed by atoms with van der Waals surface area (Å²) >= 11 is 2.50. The average Bonchev–Trinajstić information content (AvgIpc) is 3.05. The first-order valence-corrected chi connectivity index (χ1v) is 9.26. The Hall–Kier alpha value is -1.87. The van der Waals surface area contributed by atoms with Crippen LogP contribution in [0.4, 0.5) is 5.00 Å². The van der Waals surface area contributed by atoms with Crippen molar-refractivity contribution in [2.24, 2.45) is 10.7 Å². The van der Waals surface area contributed by atoms with E-state index in [1.54, 1.807) is 0 Å². The van der Waals surface area contributed by atoms with Gasteiger partial charge in [0.2, 0.25) is 5.91 Å². The summed E-state index contributed by atoms with van der Waals surface area (Å²) in [5, 5.41) is 2.85. The van der Waals surface area contributed by atoms with Crippen molar-refractivity contribution in [1.82, 2.24) is 0 Å². The number of thioether (sulfide) groups is 1. The van der Waals surface area contributed by atoms with Crippen LogP contribution in [0.25, 0.3) is 0 Å². The van der Waals surface area contributed by atoms with Crippen molar-refractivity contribution in [2.45, 2.75) is 37.4 Å². The molecule has 2 heterocycles. The van der Waals surface area contributed by atoms with Crippen LogP contribution in [0.15, 0.2) is 4.99 Å². The molecule has 0 saturated heterocycles. The molecule has 0 bridgehead atoms. The van der Waals surface area contributed by atoms with Crippen LogP contribution in [0.3, 0.4) is 0 Å². The number of amidine groups is 1. The second kappa shape index (κ2) is 6.94. The zero-order valence-electron chi connectivity index (χ0n) is 13.1. The van der Waals surface area contributed by atoms with Gasteiger partial charge in [0.05, 0.1) is 12.7 Å². The molecule has 0 spiro atoms. The molecule has 2 aliphatic rings. The van der Waals surface area contributed by atoms with Gasteiger partial charge in [-0.05, 0) is 31.2 Å². The average molecular weight is 367 g/mol. The highest BCUT2D eigenvalue weighted by Gasteiger charge is 2.31. The van der Waals surface area contributed by atoms with Crippen molar-refractivity contribution in [1.29, 1.82) is 0 Å². The number of nitrogens with one attached hydrogen (secondary N) is 1. The van der Waals surface area contributed by atoms with Crippen LogP contribution in [0, 0.1) is 0 Å². The van der Waals surface area contributed by atoms with Crippen molar-refractivity contribution >= 4 is 51.1 Å². The smallest absolute Gasteiger partial charge is 0.341 e. The minimum atomic E-state index is -0.596. The molecule has 0 radical (unpaired) electrons. The molecule has 0 fully saturated rings. The van der Waals surface area contributed by atoms with Gasteiger partial charge in [-0.1, -0.05) is 11.8 Å². The topological polar surface area (TPSA) is 111 Å². The third-order valence-corrected chi connectivity index (χ3v) is 6.14. The summed E-state index contributed by atoms with van der Waals surface area (Å²) in [6, 6.07) is 0. The molecule has 24 heavy (non-hydrogen) atoms. The van der Waals surface area contributed by atoms with Crippen LogP contribution in [0.5, 0.6) is 0 Å². The summed E-state index contributed by atoms with van der Waals surface area (Å²) in [6.07, 6.45) is 3.78. The third-order valence-electron chi connectivity index (χ3n) is 3.94. The Morgan fingerprint density at radius 2 is 2.12 bits per heavy atom. The molecule has 1 aromatic rings. The lowest BCUT2D eigenvalue weighted by molar-refractivity contribution is -0.121. The number of ether oxygens (including phenoxy) is 1. The van der Waals surface area contributed by atoms with Crippen LogP contribution in [-0.4, -0.2) is 35.3 Å². The van der Waals surface area contributed by atoms with E-state index in [0.29, 0.717) is 10.6 Å². The number of nitrogens with two attached hydrogens (primary N) is 1. The number of thiophene rings is 1. The third kappa shape index (κ3) is 3.32. The fraction of sp³-hybridized carbons (Fsp3) is 0.467. The number of hydrogen-bond acceptors (Lipinski definition) is 7. The Morgan fingerprint density at radius 3 is 2.79 bits per heavy atom. The number of anilines is 1. The number of carbonyl (C=O) groups excluding carboxylic acids is 3. The molecular weight excluding hydrogens is 350 g/mol. The number of aryl methyl sites for hydroxylation is 1. The van der Waals surface area contributed by atoms with E-state index in [2.05, 4.69) is 10.3 Å². The molecule has 0 saturated carbocycles. The zero-order chi connectivity index (χ0) is 17.3. The predicted molar refractivity (Wildman–Crippen MR) is 93.6 cm³/mol. The van der Waals surface area contributed by atoms with E-state index in [1.165, 1.54) is 18.4 Å². The quantitative estimate of drug-likeness (QED) is 0.784. The molecule has 3 N–H and O–H groups in total. The number of nitrogens with zero attached hydrogens (tertiary/aromatic N) is 1. The first-order chi connectivity index (χ1) is 11.5. The number of hydrogen-bond donors (Lipinski definition) is 2. The summed E-state index contributed by atoms with van der Waals surface area (Å²) in [7, 11) is 1.33. The van der Waals surface area contributed by atoms with Gasteiger partial charge in [0.15, 0.2) is 5.17 Å². The van der Waals surface area contributed by atoms with Gasteiger partial charge in [0, 0.05) is 11.3 Å². The Morgan fingerprint density at radius 1 is 1.38 bits per heavy atom. The fourth-order valence-corrected chi connectivity index (χ4v) is 4.97. The molecule has 1 atom stereocenters. The first-order valence-electron chi connectivity index (χ1n) is 7.57. The fourth-order valence-electron chi connectivity index (χ4n) is 2.85. The van der Waals surface area contributed by atoms with Crippen LogP contribution < -0.4 is 11.1 Å². The lowest BCUT2D eigenvalue weighted by Gasteiger charge is -2.12. The molecule has 3 rings (SSSR count). The van der Waals surface area contributed by atoms with Crippen molar-refractivity contribution in [3.8, 4) is 0 Å². The summed E-state index contributed by atoms with van der Waals surface area (Å²) in [6.45, 7) is 0. The largest absolute Gasteiger partial charge is 0.465 e. The number of rotatable bonds is 4. The number of aliphatic imine (C=N–C) groups is 1. The summed E-state index contributed by atoms with van der Waals surface area (Å²) < 4.78 is 4.87. The van der Waals surface area contributed by atoms with Gasteiger partial charge < -0.3 is 15.8 Å². The van der Waals surface area contributed by atoms with Gasteiger partial charge in [-0.2, -0.15) is 4.99 Å². The van der Waals surface area contributed by atoms with Gasteiger partial charge in [-0.15, -0.1) is 11.3 Å². The standard InChI is InChI=1S/C15H17N3O4S2/c1-22-14(21)11-7-4-2-3-5-8(7)23-13(11)17-10(19)6-9-12(20)18-15(16)24-9/h9H,2-6H2,1H3,(H,17,19)(H2,16,18,20)/t9-/m1/s1. The summed E-state index contributed by atoms with van der Waals surface area (Å²) in [4.78, 5) is 40.8. The number of methoxy groups -OCH3 is 1. The number of carbonyl (C=O) groups is 3. The Labute approximate surface area is 147 Å². The van der Waals surface area contributed by atoms with E-state index in [1.807, 2.05) is 0 Å². The summed E-state index contributed by atoms with van der Waals surface area (Å²) in [5.74, 6) is -1.18. The van der Waals surface area contributed by atoms with Gasteiger partial charge >= 0.3 is 5.97 Å². The first kappa shape index (κ1) is 17.0. The molecule has 7 nitrogen and oxygen atoms in total. The zero-order valence-corrected chi connectivity index (χ0v) is 14.7. The number of fused-ring (bicyclic) bond motifs is 1. The van der Waals surface area contributed by atoms with E-state index >= 15 is 0 Å². The molecular formula is C15H17N3O4S2. The molecule has 9 heteroatoms. The number of amides is 2. The lowest BCUT2D eigenvalue weighted by Crippen LogP contribution is -2.22. The molecule has 1 aromatic heterocycles. The molecule has 128 valence electrons. The minimum absolute atomic E-state index is 0.0309. The second-order valence-corrected chi connectivity index (χ2v) is 7.88. The molecule has 1 aliphatic heterocycles. The number of esters is 1. The van der Waals surface area contributed by atoms with E-state index in [4.69, 9.17) is 10.5 Å². The molecule has 1 aliphatic carbocycles. The Balaban J connectivity index is 1.77. The SMILES string of the molecule is COC(=O)c1c(NC(=O)C[C@H]2SC(N)=NC2=O)sc2c1CCCC2. The predicted octanol–water partition coefficient (Wildman–Crippen LogP) is 1.70. The van der Waals surface area contributed by atoms with Crippen LogP contribution in [-0.2, 0) is 27.2 Å². The van der Waals surface area contributed by atoms with Gasteiger partial charge in [-0.3, -0.25) is 9.59 Å². The highest BCUT2D eigenvalue weighted by Crippen LogP contribution is 2.38. The second-order valence-electron chi connectivity index (χ2n) is 5.55. The van der Waals surface area contributed by atoms with Crippen molar-refractivity contribution in [2.75, 3.05) is 12.4 Å². The molecule has 0 unspecified atom stereocenters. The highest BCUT2D eigenvalue weighted by molar-refractivity contribution is 8.15. The van der Waals surface area contributed by atoms with Crippen LogP contribution >= 0.6 is 23.1 Å². The van der Waals surface area contributed by atoms with Crippen molar-refractivity contribution in [3.05, 3.63) is 16.0 Å². The Kier molecular flexibility index (Phi) is 4.91. The van der Waals surface area contributed by atoms with Gasteiger partial charge in [0.1, 0.15) is 10.3 Å². The molecule has 2 amide bonds.